The van der Waals surface area contributed by atoms with Gasteiger partial charge in [-0.15, -0.1) is 0 Å². The lowest BCUT2D eigenvalue weighted by Gasteiger charge is -2.22. The number of hydrogen-bond acceptors (Lipinski definition) is 7. The number of oxime groups is 1. The van der Waals surface area contributed by atoms with Gasteiger partial charge in [0.1, 0.15) is 18.3 Å². The van der Waals surface area contributed by atoms with Crippen LogP contribution in [0.15, 0.2) is 5.16 Å². The first-order chi connectivity index (χ1) is 10.4. The first kappa shape index (κ1) is 20.7. The molecule has 0 aromatic rings. The molecule has 22 heavy (non-hydrogen) atoms. The average Bonchev–Trinajstić information content (AvgIpc) is 2.53. The van der Waals surface area contributed by atoms with Crippen LogP contribution in [0.1, 0.15) is 26.2 Å². The number of nitrogens with zero attached hydrogens (tertiary/aromatic N) is 1. The van der Waals surface area contributed by atoms with Crippen LogP contribution >= 0.6 is 0 Å². The number of nitrogens with one attached hydrogen (secondary N) is 1. The molecule has 0 aliphatic rings. The highest BCUT2D eigenvalue weighted by Gasteiger charge is 2.30. The summed E-state index contributed by atoms with van der Waals surface area (Å²) in [6.45, 7) is 1.34. The lowest BCUT2D eigenvalue weighted by atomic mass is 10.1. The lowest BCUT2D eigenvalue weighted by molar-refractivity contribution is -0.125. The number of aliphatic hydroxyl groups excluding tert-OH is 4. The molecule has 0 bridgehead atoms. The van der Waals surface area contributed by atoms with E-state index in [9.17, 15) is 19.4 Å². The molecule has 9 heteroatoms. The smallest absolute Gasteiger partial charge is 0.260 e. The Kier molecular flexibility index (Phi) is 11.6. The molecule has 8 nitrogen and oxygen atoms in total. The molecule has 5 N–H and O–H groups in total. The monoisotopic (exact) mass is 324 g/mol. The van der Waals surface area contributed by atoms with Crippen LogP contribution in [-0.4, -0.2) is 76.8 Å². The summed E-state index contributed by atoms with van der Waals surface area (Å²) in [4.78, 5) is 15.8. The Bertz CT molecular complexity index is 332. The molecule has 0 heterocycles. The molecule has 0 radical (unpaired) electrons. The minimum absolute atomic E-state index is 0.396. The van der Waals surface area contributed by atoms with Crippen molar-refractivity contribution in [3.05, 3.63) is 0 Å². The maximum Gasteiger partial charge on any atom is 0.260 e. The van der Waals surface area contributed by atoms with Crippen molar-refractivity contribution in [2.75, 3.05) is 19.8 Å². The SMILES string of the molecule is CCCCCNC(=O)CO/N=C/[C@H](F)[C@@H](O)[C@H](O)[C@H](O)CO. The highest BCUT2D eigenvalue weighted by atomic mass is 19.1. The maximum absolute atomic E-state index is 13.4. The molecule has 0 aromatic heterocycles. The molecule has 0 unspecified atom stereocenters. The molecule has 0 aliphatic heterocycles. The van der Waals surface area contributed by atoms with Gasteiger partial charge in [0.25, 0.3) is 5.91 Å². The second kappa shape index (κ2) is 12.3. The van der Waals surface area contributed by atoms with E-state index in [4.69, 9.17) is 10.2 Å². The number of rotatable bonds is 12. The van der Waals surface area contributed by atoms with Crippen LogP contribution in [0.25, 0.3) is 0 Å². The highest BCUT2D eigenvalue weighted by Crippen LogP contribution is 2.06. The number of carbonyl (C=O) groups is 1. The number of alkyl halides is 1. The molecule has 1 amide bonds. The lowest BCUT2D eigenvalue weighted by Crippen LogP contribution is -2.44. The van der Waals surface area contributed by atoms with E-state index in [0.29, 0.717) is 12.8 Å². The summed E-state index contributed by atoms with van der Waals surface area (Å²) in [5.74, 6) is -0.403. The van der Waals surface area contributed by atoms with Gasteiger partial charge >= 0.3 is 0 Å². The Labute approximate surface area is 128 Å². The third-order valence-corrected chi connectivity index (χ3v) is 2.83. The number of unbranched alkanes of at least 4 members (excludes halogenated alkanes) is 2. The maximum atomic E-state index is 13.4. The van der Waals surface area contributed by atoms with Crippen molar-refractivity contribution in [3.63, 3.8) is 0 Å². The van der Waals surface area contributed by atoms with Gasteiger partial charge in [-0.25, -0.2) is 4.39 Å². The van der Waals surface area contributed by atoms with Crippen LogP contribution in [0.3, 0.4) is 0 Å². The van der Waals surface area contributed by atoms with Gasteiger partial charge in [-0.1, -0.05) is 24.9 Å². The van der Waals surface area contributed by atoms with Crippen LogP contribution in [0.4, 0.5) is 4.39 Å². The Morgan fingerprint density at radius 3 is 2.59 bits per heavy atom. The first-order valence-electron chi connectivity index (χ1n) is 7.15. The molecular formula is C13H25FN2O6. The zero-order valence-corrected chi connectivity index (χ0v) is 12.6. The van der Waals surface area contributed by atoms with Gasteiger partial charge in [0, 0.05) is 6.54 Å². The third kappa shape index (κ3) is 8.88. The van der Waals surface area contributed by atoms with E-state index >= 15 is 0 Å². The van der Waals surface area contributed by atoms with Crippen molar-refractivity contribution in [1.82, 2.24) is 5.32 Å². The number of aliphatic hydroxyl groups is 4. The zero-order valence-electron chi connectivity index (χ0n) is 12.6. The number of hydrogen-bond donors (Lipinski definition) is 5. The minimum atomic E-state index is -2.12. The van der Waals surface area contributed by atoms with E-state index in [1.54, 1.807) is 0 Å². The Morgan fingerprint density at radius 2 is 2.00 bits per heavy atom. The predicted molar refractivity (Wildman–Crippen MR) is 77.0 cm³/mol. The standard InChI is InChI=1S/C13H25FN2O6/c1-2-3-4-5-15-11(19)8-22-16-6-9(14)12(20)13(21)10(18)7-17/h6,9-10,12-13,17-18,20-21H,2-5,7-8H2,1H3,(H,15,19)/b16-6+/t9-,10+,12+,13+/m0/s1. The quantitative estimate of drug-likeness (QED) is 0.172. The van der Waals surface area contributed by atoms with Gasteiger partial charge in [-0.2, -0.15) is 0 Å². The fraction of sp³-hybridized carbons (Fsp3) is 0.846. The van der Waals surface area contributed by atoms with Crippen molar-refractivity contribution in [2.45, 2.75) is 50.7 Å². The number of amides is 1. The molecule has 0 aromatic carbocycles. The van der Waals surface area contributed by atoms with Gasteiger partial charge < -0.3 is 30.6 Å². The fourth-order valence-electron chi connectivity index (χ4n) is 1.46. The predicted octanol–water partition coefficient (Wildman–Crippen LogP) is -1.29. The van der Waals surface area contributed by atoms with E-state index in [2.05, 4.69) is 15.3 Å². The third-order valence-electron chi connectivity index (χ3n) is 2.83. The fourth-order valence-corrected chi connectivity index (χ4v) is 1.46. The van der Waals surface area contributed by atoms with Crippen LogP contribution in [0.5, 0.6) is 0 Å². The molecule has 0 fully saturated rings. The molecule has 0 saturated heterocycles. The molecule has 0 rings (SSSR count). The highest BCUT2D eigenvalue weighted by molar-refractivity contribution is 5.77. The van der Waals surface area contributed by atoms with Crippen molar-refractivity contribution < 1.29 is 34.4 Å². The van der Waals surface area contributed by atoms with E-state index in [-0.39, 0.29) is 0 Å². The summed E-state index contributed by atoms with van der Waals surface area (Å²) < 4.78 is 13.4. The van der Waals surface area contributed by atoms with Crippen LogP contribution < -0.4 is 5.32 Å². The second-order valence-electron chi connectivity index (χ2n) is 4.76. The van der Waals surface area contributed by atoms with Crippen molar-refractivity contribution >= 4 is 12.1 Å². The topological polar surface area (TPSA) is 132 Å². The number of carbonyl (C=O) groups excluding carboxylic acids is 1. The van der Waals surface area contributed by atoms with Gasteiger partial charge in [-0.3, -0.25) is 4.79 Å². The summed E-state index contributed by atoms with van der Waals surface area (Å²) in [5, 5.41) is 42.0. The van der Waals surface area contributed by atoms with Crippen LogP contribution in [0.2, 0.25) is 0 Å². The Balaban J connectivity index is 3.94. The van der Waals surface area contributed by atoms with Gasteiger partial charge in [0.15, 0.2) is 12.8 Å². The van der Waals surface area contributed by atoms with Crippen LogP contribution in [-0.2, 0) is 9.63 Å². The summed E-state index contributed by atoms with van der Waals surface area (Å²) in [7, 11) is 0. The Hall–Kier alpha value is -1.29. The number of halogens is 1. The van der Waals surface area contributed by atoms with E-state index in [0.717, 1.165) is 19.3 Å². The zero-order chi connectivity index (χ0) is 17.0. The molecule has 0 aliphatic carbocycles. The summed E-state index contributed by atoms with van der Waals surface area (Å²) in [6.07, 6.45) is -4.18. The van der Waals surface area contributed by atoms with Crippen molar-refractivity contribution in [3.8, 4) is 0 Å². The average molecular weight is 324 g/mol. The second-order valence-corrected chi connectivity index (χ2v) is 4.76. The molecule has 0 saturated carbocycles. The summed E-state index contributed by atoms with van der Waals surface area (Å²) >= 11 is 0. The minimum Gasteiger partial charge on any atom is -0.394 e. The first-order valence-corrected chi connectivity index (χ1v) is 7.15. The van der Waals surface area contributed by atoms with Gasteiger partial charge in [0.05, 0.1) is 12.8 Å². The molecule has 0 spiro atoms. The summed E-state index contributed by atoms with van der Waals surface area (Å²) in [5.41, 5.74) is 0. The van der Waals surface area contributed by atoms with Gasteiger partial charge in [0.2, 0.25) is 0 Å². The normalized spacial score (nSPS) is 17.0. The van der Waals surface area contributed by atoms with Crippen molar-refractivity contribution in [1.29, 1.82) is 0 Å². The Morgan fingerprint density at radius 1 is 1.32 bits per heavy atom. The van der Waals surface area contributed by atoms with Crippen LogP contribution in [0, 0.1) is 0 Å². The molecule has 4 atom stereocenters. The van der Waals surface area contributed by atoms with Crippen molar-refractivity contribution in [2.24, 2.45) is 5.16 Å². The van der Waals surface area contributed by atoms with E-state index in [1.807, 2.05) is 6.92 Å². The molecule has 130 valence electrons. The van der Waals surface area contributed by atoms with E-state index < -0.39 is 43.6 Å². The molecular weight excluding hydrogens is 299 g/mol. The van der Waals surface area contributed by atoms with E-state index in [1.165, 1.54) is 0 Å². The summed E-state index contributed by atoms with van der Waals surface area (Å²) in [6, 6.07) is 0. The van der Waals surface area contributed by atoms with Gasteiger partial charge in [-0.05, 0) is 6.42 Å². The largest absolute Gasteiger partial charge is 0.394 e.